The van der Waals surface area contributed by atoms with Crippen LogP contribution in [0.4, 0.5) is 5.69 Å². The second-order valence-corrected chi connectivity index (χ2v) is 6.45. The number of anilines is 1. The number of carbonyl (C=O) groups is 1. The van der Waals surface area contributed by atoms with Gasteiger partial charge in [-0.05, 0) is 43.2 Å². The van der Waals surface area contributed by atoms with Crippen LogP contribution in [0.2, 0.25) is 0 Å². The van der Waals surface area contributed by atoms with Crippen LogP contribution in [0.3, 0.4) is 0 Å². The number of rotatable bonds is 4. The highest BCUT2D eigenvalue weighted by atomic mass is 16.5. The van der Waals surface area contributed by atoms with Crippen LogP contribution >= 0.6 is 0 Å². The first-order chi connectivity index (χ1) is 9.37. The van der Waals surface area contributed by atoms with Crippen LogP contribution in [0.5, 0.6) is 0 Å². The molecule has 0 unspecified atom stereocenters. The van der Waals surface area contributed by atoms with Gasteiger partial charge in [-0.1, -0.05) is 19.9 Å². The van der Waals surface area contributed by atoms with Gasteiger partial charge in [-0.15, -0.1) is 0 Å². The molecule has 1 aliphatic carbocycles. The van der Waals surface area contributed by atoms with E-state index in [9.17, 15) is 4.79 Å². The number of hydrogen-bond acceptors (Lipinski definition) is 3. The number of benzene rings is 1. The molecule has 1 aliphatic rings. The Morgan fingerprint density at radius 3 is 2.55 bits per heavy atom. The van der Waals surface area contributed by atoms with Gasteiger partial charge in [0.25, 0.3) is 0 Å². The van der Waals surface area contributed by atoms with Crippen LogP contribution in [-0.4, -0.2) is 12.0 Å². The Bertz CT molecular complexity index is 487. The standard InChI is InChI=1S/C16H24N2O2/c1-16(2)7-5-13(6-8-16)20-10-12-4-3-11(15(18)19)9-14(12)17/h3-4,9,13H,5-8,10,17H2,1-2H3,(H2,18,19). The third-order valence-electron chi connectivity index (χ3n) is 4.19. The second kappa shape index (κ2) is 5.83. The zero-order valence-corrected chi connectivity index (χ0v) is 12.3. The average molecular weight is 276 g/mol. The summed E-state index contributed by atoms with van der Waals surface area (Å²) >= 11 is 0. The Balaban J connectivity index is 1.90. The minimum atomic E-state index is -0.460. The molecule has 0 bridgehead atoms. The Kier molecular flexibility index (Phi) is 4.33. The molecule has 20 heavy (non-hydrogen) atoms. The van der Waals surface area contributed by atoms with Crippen LogP contribution in [-0.2, 0) is 11.3 Å². The summed E-state index contributed by atoms with van der Waals surface area (Å²) in [7, 11) is 0. The van der Waals surface area contributed by atoms with Crippen molar-refractivity contribution in [3.8, 4) is 0 Å². The van der Waals surface area contributed by atoms with Gasteiger partial charge in [-0.2, -0.15) is 0 Å². The van der Waals surface area contributed by atoms with Crippen molar-refractivity contribution in [3.05, 3.63) is 29.3 Å². The minimum absolute atomic E-state index is 0.318. The summed E-state index contributed by atoms with van der Waals surface area (Å²) in [5.41, 5.74) is 13.5. The van der Waals surface area contributed by atoms with E-state index in [1.54, 1.807) is 12.1 Å². The second-order valence-electron chi connectivity index (χ2n) is 6.45. The molecule has 1 aromatic carbocycles. The van der Waals surface area contributed by atoms with Crippen molar-refractivity contribution >= 4 is 11.6 Å². The van der Waals surface area contributed by atoms with Crippen molar-refractivity contribution in [2.75, 3.05) is 5.73 Å². The van der Waals surface area contributed by atoms with E-state index in [0.29, 0.717) is 29.4 Å². The number of carbonyl (C=O) groups excluding carboxylic acids is 1. The van der Waals surface area contributed by atoms with Crippen molar-refractivity contribution in [2.24, 2.45) is 11.1 Å². The lowest BCUT2D eigenvalue weighted by Crippen LogP contribution is -2.26. The molecule has 1 amide bonds. The summed E-state index contributed by atoms with van der Waals surface area (Å²) in [5.74, 6) is -0.460. The first kappa shape index (κ1) is 14.9. The molecule has 0 radical (unpaired) electrons. The van der Waals surface area contributed by atoms with E-state index in [2.05, 4.69) is 13.8 Å². The quantitative estimate of drug-likeness (QED) is 0.830. The molecule has 0 aliphatic heterocycles. The molecule has 0 saturated heterocycles. The Labute approximate surface area is 120 Å². The number of nitrogens with two attached hydrogens (primary N) is 2. The van der Waals surface area contributed by atoms with E-state index in [1.807, 2.05) is 6.07 Å². The predicted molar refractivity (Wildman–Crippen MR) is 80.2 cm³/mol. The molecule has 0 atom stereocenters. The first-order valence-corrected chi connectivity index (χ1v) is 7.17. The van der Waals surface area contributed by atoms with Gasteiger partial charge in [0.05, 0.1) is 12.7 Å². The lowest BCUT2D eigenvalue weighted by Gasteiger charge is -2.34. The van der Waals surface area contributed by atoms with Gasteiger partial charge < -0.3 is 16.2 Å². The fraction of sp³-hybridized carbons (Fsp3) is 0.562. The third-order valence-corrected chi connectivity index (χ3v) is 4.19. The molecule has 4 N–H and O–H groups in total. The largest absolute Gasteiger partial charge is 0.398 e. The normalized spacial score (nSPS) is 18.9. The summed E-state index contributed by atoms with van der Waals surface area (Å²) in [5, 5.41) is 0. The van der Waals surface area contributed by atoms with Crippen molar-refractivity contribution in [1.82, 2.24) is 0 Å². The summed E-state index contributed by atoms with van der Waals surface area (Å²) in [6.07, 6.45) is 4.93. The molecule has 1 saturated carbocycles. The monoisotopic (exact) mass is 276 g/mol. The maximum Gasteiger partial charge on any atom is 0.248 e. The predicted octanol–water partition coefficient (Wildman–Crippen LogP) is 2.85. The van der Waals surface area contributed by atoms with E-state index >= 15 is 0 Å². The summed E-state index contributed by atoms with van der Waals surface area (Å²) < 4.78 is 5.95. The van der Waals surface area contributed by atoms with E-state index in [4.69, 9.17) is 16.2 Å². The smallest absolute Gasteiger partial charge is 0.248 e. The Hall–Kier alpha value is -1.55. The Morgan fingerprint density at radius 1 is 1.35 bits per heavy atom. The van der Waals surface area contributed by atoms with Gasteiger partial charge in [0.15, 0.2) is 0 Å². The van der Waals surface area contributed by atoms with Crippen molar-refractivity contribution < 1.29 is 9.53 Å². The van der Waals surface area contributed by atoms with Gasteiger partial charge in [-0.25, -0.2) is 0 Å². The summed E-state index contributed by atoms with van der Waals surface area (Å²) in [4.78, 5) is 11.1. The fourth-order valence-electron chi connectivity index (χ4n) is 2.63. The first-order valence-electron chi connectivity index (χ1n) is 7.17. The van der Waals surface area contributed by atoms with Crippen LogP contribution in [0, 0.1) is 5.41 Å². The maximum absolute atomic E-state index is 11.1. The average Bonchev–Trinajstić information content (AvgIpc) is 2.38. The highest BCUT2D eigenvalue weighted by Gasteiger charge is 2.27. The number of nitrogen functional groups attached to an aromatic ring is 1. The van der Waals surface area contributed by atoms with E-state index in [-0.39, 0.29) is 0 Å². The maximum atomic E-state index is 11.1. The summed E-state index contributed by atoms with van der Waals surface area (Å²) in [6, 6.07) is 5.13. The molecule has 4 nitrogen and oxygen atoms in total. The van der Waals surface area contributed by atoms with Gasteiger partial charge in [0.1, 0.15) is 0 Å². The molecule has 4 heteroatoms. The molecule has 0 spiro atoms. The molecule has 1 aromatic rings. The van der Waals surface area contributed by atoms with E-state index in [1.165, 1.54) is 12.8 Å². The Morgan fingerprint density at radius 2 is 2.00 bits per heavy atom. The fourth-order valence-corrected chi connectivity index (χ4v) is 2.63. The molecular formula is C16H24N2O2. The van der Waals surface area contributed by atoms with Gasteiger partial charge in [0.2, 0.25) is 5.91 Å². The molecule has 110 valence electrons. The highest BCUT2D eigenvalue weighted by Crippen LogP contribution is 2.36. The topological polar surface area (TPSA) is 78.3 Å². The third kappa shape index (κ3) is 3.73. The van der Waals surface area contributed by atoms with Gasteiger partial charge in [0, 0.05) is 16.8 Å². The molecule has 1 fully saturated rings. The van der Waals surface area contributed by atoms with Gasteiger partial charge in [-0.3, -0.25) is 4.79 Å². The SMILES string of the molecule is CC1(C)CCC(OCc2ccc(C(N)=O)cc2N)CC1. The number of amides is 1. The van der Waals surface area contributed by atoms with Crippen molar-refractivity contribution in [3.63, 3.8) is 0 Å². The molecule has 0 aromatic heterocycles. The summed E-state index contributed by atoms with van der Waals surface area (Å²) in [6.45, 7) is 5.11. The minimum Gasteiger partial charge on any atom is -0.398 e. The number of hydrogen-bond donors (Lipinski definition) is 2. The zero-order chi connectivity index (χ0) is 14.8. The van der Waals surface area contributed by atoms with Gasteiger partial charge >= 0.3 is 0 Å². The van der Waals surface area contributed by atoms with Crippen molar-refractivity contribution in [1.29, 1.82) is 0 Å². The van der Waals surface area contributed by atoms with Crippen LogP contribution in [0.25, 0.3) is 0 Å². The van der Waals surface area contributed by atoms with E-state index in [0.717, 1.165) is 18.4 Å². The van der Waals surface area contributed by atoms with Crippen LogP contribution in [0.15, 0.2) is 18.2 Å². The zero-order valence-electron chi connectivity index (χ0n) is 12.3. The molecule has 2 rings (SSSR count). The lowest BCUT2D eigenvalue weighted by atomic mass is 9.76. The molecular weight excluding hydrogens is 252 g/mol. The lowest BCUT2D eigenvalue weighted by molar-refractivity contribution is -0.00536. The highest BCUT2D eigenvalue weighted by molar-refractivity contribution is 5.93. The number of ether oxygens (including phenoxy) is 1. The number of primary amides is 1. The van der Waals surface area contributed by atoms with Crippen LogP contribution < -0.4 is 11.5 Å². The van der Waals surface area contributed by atoms with Crippen LogP contribution in [0.1, 0.15) is 55.5 Å². The molecule has 0 heterocycles. The van der Waals surface area contributed by atoms with Crippen molar-refractivity contribution in [2.45, 2.75) is 52.2 Å². The van der Waals surface area contributed by atoms with E-state index < -0.39 is 5.91 Å².